The van der Waals surface area contributed by atoms with Gasteiger partial charge in [0.15, 0.2) is 0 Å². The van der Waals surface area contributed by atoms with Crippen molar-refractivity contribution in [2.45, 2.75) is 0 Å². The van der Waals surface area contributed by atoms with Crippen LogP contribution in [0.4, 0.5) is 0 Å². The van der Waals surface area contributed by atoms with E-state index in [1.54, 1.807) is 0 Å². The Hall–Kier alpha value is -2.06. The van der Waals surface area contributed by atoms with Crippen molar-refractivity contribution in [3.05, 3.63) is 71.2 Å². The Morgan fingerprint density at radius 3 is 2.25 bits per heavy atom. The molecule has 1 heterocycles. The second kappa shape index (κ2) is 4.50. The smallest absolute Gasteiger partial charge is 0.136 e. The van der Waals surface area contributed by atoms with Crippen LogP contribution in [-0.4, -0.2) is 0 Å². The van der Waals surface area contributed by atoms with E-state index < -0.39 is 0 Å². The number of furan rings is 1. The number of fused-ring (bicyclic) bond motifs is 3. The maximum atomic E-state index is 5.94. The van der Waals surface area contributed by atoms with Crippen LogP contribution in [0.3, 0.4) is 0 Å². The molecule has 0 fully saturated rings. The molecule has 0 saturated carbocycles. The Labute approximate surface area is 125 Å². The van der Waals surface area contributed by atoms with Gasteiger partial charge in [-0.15, -0.1) is 0 Å². The van der Waals surface area contributed by atoms with Crippen molar-refractivity contribution in [3.8, 4) is 11.1 Å². The molecule has 4 rings (SSSR count). The van der Waals surface area contributed by atoms with Crippen molar-refractivity contribution in [2.75, 3.05) is 0 Å². The second-order valence-electron chi connectivity index (χ2n) is 4.76. The van der Waals surface area contributed by atoms with E-state index in [1.165, 1.54) is 16.5 Å². The fraction of sp³-hybridized carbons (Fsp3) is 0. The van der Waals surface area contributed by atoms with E-state index in [-0.39, 0.29) is 0 Å². The van der Waals surface area contributed by atoms with E-state index in [0.29, 0.717) is 0 Å². The fourth-order valence-electron chi connectivity index (χ4n) is 2.68. The fourth-order valence-corrected chi connectivity index (χ4v) is 3.18. The molecule has 0 N–H and O–H groups in total. The van der Waals surface area contributed by atoms with E-state index in [1.807, 2.05) is 36.4 Å². The third kappa shape index (κ3) is 1.69. The predicted molar refractivity (Wildman–Crippen MR) is 86.9 cm³/mol. The molecule has 96 valence electrons. The molecule has 2 heteroatoms. The highest BCUT2D eigenvalue weighted by Crippen LogP contribution is 2.38. The first-order valence-corrected chi connectivity index (χ1v) is 7.29. The van der Waals surface area contributed by atoms with E-state index in [2.05, 4.69) is 46.3 Å². The van der Waals surface area contributed by atoms with Gasteiger partial charge in [-0.05, 0) is 29.3 Å². The highest BCUT2D eigenvalue weighted by molar-refractivity contribution is 9.10. The van der Waals surface area contributed by atoms with Crippen molar-refractivity contribution in [1.82, 2.24) is 0 Å². The first-order chi connectivity index (χ1) is 9.84. The van der Waals surface area contributed by atoms with E-state index >= 15 is 0 Å². The van der Waals surface area contributed by atoms with Crippen molar-refractivity contribution >= 4 is 37.9 Å². The minimum Gasteiger partial charge on any atom is -0.456 e. The van der Waals surface area contributed by atoms with Gasteiger partial charge in [0.05, 0.1) is 0 Å². The summed E-state index contributed by atoms with van der Waals surface area (Å²) in [6.45, 7) is 0. The molecule has 0 spiro atoms. The molecule has 0 saturated heterocycles. The molecule has 0 aliphatic carbocycles. The van der Waals surface area contributed by atoms with Crippen LogP contribution in [0.25, 0.3) is 33.1 Å². The van der Waals surface area contributed by atoms with Gasteiger partial charge >= 0.3 is 0 Å². The van der Waals surface area contributed by atoms with Crippen molar-refractivity contribution in [3.63, 3.8) is 0 Å². The van der Waals surface area contributed by atoms with Gasteiger partial charge in [0, 0.05) is 15.2 Å². The molecule has 0 radical (unpaired) electrons. The van der Waals surface area contributed by atoms with Crippen LogP contribution in [0.1, 0.15) is 0 Å². The summed E-state index contributed by atoms with van der Waals surface area (Å²) in [5.74, 6) is 0. The minimum absolute atomic E-state index is 0.930. The van der Waals surface area contributed by atoms with Gasteiger partial charge in [-0.1, -0.05) is 64.5 Å². The topological polar surface area (TPSA) is 13.1 Å². The molecule has 3 aromatic carbocycles. The van der Waals surface area contributed by atoms with Crippen LogP contribution >= 0.6 is 15.9 Å². The molecule has 4 aromatic rings. The van der Waals surface area contributed by atoms with E-state index in [0.717, 1.165) is 21.0 Å². The Balaban J connectivity index is 2.17. The highest BCUT2D eigenvalue weighted by atomic mass is 79.9. The Kier molecular flexibility index (Phi) is 2.64. The molecular formula is C18H11BrO. The van der Waals surface area contributed by atoms with E-state index in [9.17, 15) is 0 Å². The van der Waals surface area contributed by atoms with Crippen LogP contribution < -0.4 is 0 Å². The van der Waals surface area contributed by atoms with Crippen LogP contribution in [0.5, 0.6) is 0 Å². The molecular weight excluding hydrogens is 312 g/mol. The average molecular weight is 323 g/mol. The number of halogens is 1. The van der Waals surface area contributed by atoms with Crippen LogP contribution in [0, 0.1) is 0 Å². The molecule has 0 aliphatic heterocycles. The lowest BCUT2D eigenvalue weighted by atomic mass is 10.00. The number of benzene rings is 3. The largest absolute Gasteiger partial charge is 0.456 e. The standard InChI is InChI=1S/C18H11BrO/c19-15-9-3-1-6-12(15)13-8-5-11-17-18(13)14-7-2-4-10-16(14)20-17/h1-11H. The van der Waals surface area contributed by atoms with Gasteiger partial charge in [-0.2, -0.15) is 0 Å². The number of rotatable bonds is 1. The molecule has 20 heavy (non-hydrogen) atoms. The lowest BCUT2D eigenvalue weighted by Gasteiger charge is -2.06. The third-order valence-corrected chi connectivity index (χ3v) is 4.26. The first-order valence-electron chi connectivity index (χ1n) is 6.50. The zero-order valence-electron chi connectivity index (χ0n) is 10.6. The Bertz CT molecular complexity index is 921. The number of hydrogen-bond acceptors (Lipinski definition) is 1. The number of hydrogen-bond donors (Lipinski definition) is 0. The van der Waals surface area contributed by atoms with Gasteiger partial charge < -0.3 is 4.42 Å². The maximum absolute atomic E-state index is 5.94. The number of para-hydroxylation sites is 1. The molecule has 0 atom stereocenters. The van der Waals surface area contributed by atoms with Crippen LogP contribution in [-0.2, 0) is 0 Å². The second-order valence-corrected chi connectivity index (χ2v) is 5.61. The highest BCUT2D eigenvalue weighted by Gasteiger charge is 2.12. The van der Waals surface area contributed by atoms with Gasteiger partial charge in [0.25, 0.3) is 0 Å². The molecule has 1 nitrogen and oxygen atoms in total. The normalized spacial score (nSPS) is 11.2. The zero-order chi connectivity index (χ0) is 13.5. The summed E-state index contributed by atoms with van der Waals surface area (Å²) in [4.78, 5) is 0. The van der Waals surface area contributed by atoms with Gasteiger partial charge in [0.1, 0.15) is 11.2 Å². The van der Waals surface area contributed by atoms with Gasteiger partial charge in [0.2, 0.25) is 0 Å². The van der Waals surface area contributed by atoms with Crippen LogP contribution in [0.15, 0.2) is 75.6 Å². The summed E-state index contributed by atoms with van der Waals surface area (Å²) in [7, 11) is 0. The lowest BCUT2D eigenvalue weighted by molar-refractivity contribution is 0.669. The lowest BCUT2D eigenvalue weighted by Crippen LogP contribution is -1.80. The van der Waals surface area contributed by atoms with Crippen molar-refractivity contribution in [2.24, 2.45) is 0 Å². The molecule has 1 aromatic heterocycles. The van der Waals surface area contributed by atoms with Gasteiger partial charge in [-0.25, -0.2) is 0 Å². The summed E-state index contributed by atoms with van der Waals surface area (Å²) in [6, 6.07) is 22.7. The maximum Gasteiger partial charge on any atom is 0.136 e. The summed E-state index contributed by atoms with van der Waals surface area (Å²) >= 11 is 3.64. The third-order valence-electron chi connectivity index (χ3n) is 3.57. The molecule has 0 unspecified atom stereocenters. The van der Waals surface area contributed by atoms with Crippen LogP contribution in [0.2, 0.25) is 0 Å². The quantitative estimate of drug-likeness (QED) is 0.418. The first kappa shape index (κ1) is 11.7. The summed E-state index contributed by atoms with van der Waals surface area (Å²) in [5, 5.41) is 2.34. The van der Waals surface area contributed by atoms with E-state index in [4.69, 9.17) is 4.42 Å². The van der Waals surface area contributed by atoms with Crippen molar-refractivity contribution in [1.29, 1.82) is 0 Å². The molecule has 0 bridgehead atoms. The molecule has 0 aliphatic rings. The minimum atomic E-state index is 0.930. The SMILES string of the molecule is Brc1ccccc1-c1cccc2oc3ccccc3c12. The zero-order valence-corrected chi connectivity index (χ0v) is 12.2. The summed E-state index contributed by atoms with van der Waals surface area (Å²) in [5.41, 5.74) is 4.24. The van der Waals surface area contributed by atoms with Gasteiger partial charge in [-0.3, -0.25) is 0 Å². The predicted octanol–water partition coefficient (Wildman–Crippen LogP) is 6.02. The summed E-state index contributed by atoms with van der Waals surface area (Å²) < 4.78 is 7.03. The monoisotopic (exact) mass is 322 g/mol. The Morgan fingerprint density at radius 1 is 0.650 bits per heavy atom. The molecule has 0 amide bonds. The van der Waals surface area contributed by atoms with Crippen molar-refractivity contribution < 1.29 is 4.42 Å². The average Bonchev–Trinajstić information content (AvgIpc) is 2.86. The Morgan fingerprint density at radius 2 is 1.35 bits per heavy atom. The summed E-state index contributed by atoms with van der Waals surface area (Å²) in [6.07, 6.45) is 0.